The average Bonchev–Trinajstić information content (AvgIpc) is 2.30. The van der Waals surface area contributed by atoms with Crippen molar-refractivity contribution in [3.8, 4) is 11.1 Å². The van der Waals surface area contributed by atoms with Crippen LogP contribution >= 0.6 is 0 Å². The molecular weight excluding hydrogens is 187 g/mol. The van der Waals surface area contributed by atoms with Crippen molar-refractivity contribution >= 4 is 6.08 Å². The molecular formula is C14H11F. The number of hydrogen-bond donors (Lipinski definition) is 0. The molecule has 0 fully saturated rings. The molecule has 0 atom stereocenters. The van der Waals surface area contributed by atoms with Gasteiger partial charge in [0, 0.05) is 5.56 Å². The fraction of sp³-hybridized carbons (Fsp3) is 0. The van der Waals surface area contributed by atoms with Gasteiger partial charge in [-0.25, -0.2) is 4.39 Å². The van der Waals surface area contributed by atoms with Crippen LogP contribution in [0.3, 0.4) is 0 Å². The van der Waals surface area contributed by atoms with Gasteiger partial charge in [-0.15, -0.1) is 0 Å². The Morgan fingerprint density at radius 1 is 0.933 bits per heavy atom. The molecule has 74 valence electrons. The van der Waals surface area contributed by atoms with Crippen LogP contribution in [0.4, 0.5) is 4.39 Å². The normalized spacial score (nSPS) is 9.93. The Morgan fingerprint density at radius 3 is 2.33 bits per heavy atom. The fourth-order valence-electron chi connectivity index (χ4n) is 1.61. The van der Waals surface area contributed by atoms with Gasteiger partial charge in [0.2, 0.25) is 0 Å². The van der Waals surface area contributed by atoms with Gasteiger partial charge >= 0.3 is 0 Å². The highest BCUT2D eigenvalue weighted by Gasteiger charge is 2.05. The fourth-order valence-corrected chi connectivity index (χ4v) is 1.61. The highest BCUT2D eigenvalue weighted by Crippen LogP contribution is 2.26. The van der Waals surface area contributed by atoms with Crippen molar-refractivity contribution in [1.82, 2.24) is 0 Å². The van der Waals surface area contributed by atoms with E-state index in [1.807, 2.05) is 36.4 Å². The molecule has 0 aliphatic heterocycles. The molecule has 1 heteroatoms. The Labute approximate surface area is 88.7 Å². The van der Waals surface area contributed by atoms with Crippen LogP contribution < -0.4 is 0 Å². The largest absolute Gasteiger partial charge is 0.206 e. The summed E-state index contributed by atoms with van der Waals surface area (Å²) in [5, 5.41) is 0. The number of benzene rings is 2. The summed E-state index contributed by atoms with van der Waals surface area (Å²) in [5.41, 5.74) is 2.45. The highest BCUT2D eigenvalue weighted by atomic mass is 19.1. The van der Waals surface area contributed by atoms with Crippen molar-refractivity contribution in [1.29, 1.82) is 0 Å². The van der Waals surface area contributed by atoms with Gasteiger partial charge in [-0.2, -0.15) is 0 Å². The van der Waals surface area contributed by atoms with Crippen molar-refractivity contribution in [2.75, 3.05) is 0 Å². The van der Waals surface area contributed by atoms with E-state index in [1.165, 1.54) is 6.07 Å². The van der Waals surface area contributed by atoms with E-state index in [4.69, 9.17) is 0 Å². The first kappa shape index (κ1) is 9.66. The maximum Gasteiger partial charge on any atom is 0.131 e. The summed E-state index contributed by atoms with van der Waals surface area (Å²) in [6.07, 6.45) is 1.55. The molecule has 2 rings (SSSR count). The van der Waals surface area contributed by atoms with E-state index in [9.17, 15) is 4.39 Å². The monoisotopic (exact) mass is 198 g/mol. The second kappa shape index (κ2) is 4.09. The van der Waals surface area contributed by atoms with Crippen LogP contribution in [0, 0.1) is 5.82 Å². The Balaban J connectivity index is 2.63. The minimum Gasteiger partial charge on any atom is -0.206 e. The number of rotatable bonds is 2. The van der Waals surface area contributed by atoms with Crippen molar-refractivity contribution < 1.29 is 4.39 Å². The summed E-state index contributed by atoms with van der Waals surface area (Å²) in [7, 11) is 0. The lowest BCUT2D eigenvalue weighted by Crippen LogP contribution is -1.87. The van der Waals surface area contributed by atoms with Gasteiger partial charge in [-0.3, -0.25) is 0 Å². The zero-order valence-electron chi connectivity index (χ0n) is 8.28. The van der Waals surface area contributed by atoms with Crippen molar-refractivity contribution in [3.63, 3.8) is 0 Å². The smallest absolute Gasteiger partial charge is 0.131 e. The van der Waals surface area contributed by atoms with E-state index in [0.29, 0.717) is 5.56 Å². The van der Waals surface area contributed by atoms with Crippen molar-refractivity contribution in [3.05, 3.63) is 66.5 Å². The second-order valence-electron chi connectivity index (χ2n) is 3.27. The molecule has 0 heterocycles. The quantitative estimate of drug-likeness (QED) is 0.680. The molecule has 0 spiro atoms. The molecule has 0 aliphatic rings. The summed E-state index contributed by atoms with van der Waals surface area (Å²) in [6, 6.07) is 14.8. The van der Waals surface area contributed by atoms with E-state index in [-0.39, 0.29) is 5.82 Å². The van der Waals surface area contributed by atoms with Crippen molar-refractivity contribution in [2.45, 2.75) is 0 Å². The molecule has 0 aromatic heterocycles. The SMILES string of the molecule is C=Cc1c(F)cccc1-c1ccccc1. The van der Waals surface area contributed by atoms with Crippen LogP contribution in [0.5, 0.6) is 0 Å². The molecule has 15 heavy (non-hydrogen) atoms. The summed E-state index contributed by atoms with van der Waals surface area (Å²) < 4.78 is 13.5. The lowest BCUT2D eigenvalue weighted by Gasteiger charge is -2.06. The maximum atomic E-state index is 13.5. The summed E-state index contributed by atoms with van der Waals surface area (Å²) in [4.78, 5) is 0. The van der Waals surface area contributed by atoms with Crippen LogP contribution in [-0.2, 0) is 0 Å². The van der Waals surface area contributed by atoms with Gasteiger partial charge in [-0.05, 0) is 17.2 Å². The third kappa shape index (κ3) is 1.82. The first-order valence-electron chi connectivity index (χ1n) is 4.79. The Kier molecular flexibility index (Phi) is 2.64. The third-order valence-corrected chi connectivity index (χ3v) is 2.34. The lowest BCUT2D eigenvalue weighted by molar-refractivity contribution is 0.625. The topological polar surface area (TPSA) is 0 Å². The Morgan fingerprint density at radius 2 is 1.67 bits per heavy atom. The number of halogens is 1. The molecule has 0 aliphatic carbocycles. The Bertz CT molecular complexity index is 472. The first-order valence-corrected chi connectivity index (χ1v) is 4.79. The van der Waals surface area contributed by atoms with Crippen LogP contribution in [-0.4, -0.2) is 0 Å². The molecule has 0 saturated carbocycles. The van der Waals surface area contributed by atoms with Gasteiger partial charge in [0.15, 0.2) is 0 Å². The van der Waals surface area contributed by atoms with Gasteiger partial charge in [-0.1, -0.05) is 55.1 Å². The average molecular weight is 198 g/mol. The van der Waals surface area contributed by atoms with Crippen LogP contribution in [0.1, 0.15) is 5.56 Å². The predicted octanol–water partition coefficient (Wildman–Crippen LogP) is 4.14. The minimum atomic E-state index is -0.230. The minimum absolute atomic E-state index is 0.230. The van der Waals surface area contributed by atoms with E-state index >= 15 is 0 Å². The Hall–Kier alpha value is -1.89. The molecule has 0 nitrogen and oxygen atoms in total. The third-order valence-electron chi connectivity index (χ3n) is 2.34. The van der Waals surface area contributed by atoms with E-state index in [0.717, 1.165) is 11.1 Å². The standard InChI is InChI=1S/C14H11F/c1-2-12-13(9-6-10-14(12)15)11-7-4-3-5-8-11/h2-10H,1H2. The highest BCUT2D eigenvalue weighted by molar-refractivity contribution is 5.74. The van der Waals surface area contributed by atoms with Gasteiger partial charge in [0.05, 0.1) is 0 Å². The molecule has 2 aromatic carbocycles. The molecule has 0 bridgehead atoms. The van der Waals surface area contributed by atoms with Crippen LogP contribution in [0.25, 0.3) is 17.2 Å². The molecule has 0 unspecified atom stereocenters. The zero-order chi connectivity index (χ0) is 10.7. The summed E-state index contributed by atoms with van der Waals surface area (Å²) in [5.74, 6) is -0.230. The second-order valence-corrected chi connectivity index (χ2v) is 3.27. The van der Waals surface area contributed by atoms with Crippen molar-refractivity contribution in [2.24, 2.45) is 0 Å². The summed E-state index contributed by atoms with van der Waals surface area (Å²) >= 11 is 0. The van der Waals surface area contributed by atoms with E-state index in [1.54, 1.807) is 12.1 Å². The van der Waals surface area contributed by atoms with E-state index in [2.05, 4.69) is 6.58 Å². The molecule has 2 aromatic rings. The molecule has 0 radical (unpaired) electrons. The first-order chi connectivity index (χ1) is 7.33. The van der Waals surface area contributed by atoms with Crippen LogP contribution in [0.15, 0.2) is 55.1 Å². The molecule has 0 N–H and O–H groups in total. The zero-order valence-corrected chi connectivity index (χ0v) is 8.28. The molecule has 0 amide bonds. The summed E-state index contributed by atoms with van der Waals surface area (Å²) in [6.45, 7) is 3.64. The maximum absolute atomic E-state index is 13.5. The van der Waals surface area contributed by atoms with Gasteiger partial charge < -0.3 is 0 Å². The van der Waals surface area contributed by atoms with E-state index < -0.39 is 0 Å². The molecule has 0 saturated heterocycles. The van der Waals surface area contributed by atoms with Gasteiger partial charge in [0.25, 0.3) is 0 Å². The van der Waals surface area contributed by atoms with Gasteiger partial charge in [0.1, 0.15) is 5.82 Å². The van der Waals surface area contributed by atoms with Crippen LogP contribution in [0.2, 0.25) is 0 Å². The lowest BCUT2D eigenvalue weighted by atomic mass is 9.99. The number of hydrogen-bond acceptors (Lipinski definition) is 0. The predicted molar refractivity (Wildman–Crippen MR) is 61.9 cm³/mol.